The van der Waals surface area contributed by atoms with E-state index in [1.807, 2.05) is 26.0 Å². The molecule has 1 aliphatic rings. The number of amides is 1. The summed E-state index contributed by atoms with van der Waals surface area (Å²) in [5, 5.41) is 6.18. The number of halogens is 1. The zero-order valence-corrected chi connectivity index (χ0v) is 18.2. The maximum atomic E-state index is 13.4. The third-order valence-electron chi connectivity index (χ3n) is 5.20. The molecule has 166 valence electrons. The molecule has 1 aliphatic heterocycles. The van der Waals surface area contributed by atoms with Gasteiger partial charge in [0.15, 0.2) is 0 Å². The summed E-state index contributed by atoms with van der Waals surface area (Å²) in [6.07, 6.45) is 0.552. The molecule has 4 rings (SSSR count). The lowest BCUT2D eigenvalue weighted by atomic mass is 10.1. The fraction of sp³-hybridized carbons (Fsp3) is 0.280. The number of ether oxygens (including phenoxy) is 2. The number of aromatic nitrogens is 1. The topological polar surface area (TPSA) is 72.5 Å². The van der Waals surface area contributed by atoms with E-state index in [9.17, 15) is 9.18 Å². The van der Waals surface area contributed by atoms with Gasteiger partial charge in [-0.25, -0.2) is 9.37 Å². The van der Waals surface area contributed by atoms with E-state index in [1.165, 1.54) is 12.1 Å². The third-order valence-corrected chi connectivity index (χ3v) is 5.20. The minimum atomic E-state index is -0.300. The van der Waals surface area contributed by atoms with Crippen LogP contribution in [0.3, 0.4) is 0 Å². The molecule has 0 fully saturated rings. The van der Waals surface area contributed by atoms with E-state index in [0.717, 1.165) is 29.1 Å². The minimum absolute atomic E-state index is 0.164. The zero-order valence-electron chi connectivity index (χ0n) is 18.2. The number of benzene rings is 2. The summed E-state index contributed by atoms with van der Waals surface area (Å²) in [4.78, 5) is 17.3. The lowest BCUT2D eigenvalue weighted by Crippen LogP contribution is -2.26. The highest BCUT2D eigenvalue weighted by Crippen LogP contribution is 2.32. The molecule has 2 aromatic carbocycles. The van der Waals surface area contributed by atoms with Crippen molar-refractivity contribution >= 4 is 11.6 Å². The molecule has 7 heteroatoms. The average molecular weight is 435 g/mol. The van der Waals surface area contributed by atoms with Gasteiger partial charge in [0.25, 0.3) is 5.91 Å². The predicted molar refractivity (Wildman–Crippen MR) is 122 cm³/mol. The Hall–Kier alpha value is -3.61. The molecule has 0 unspecified atom stereocenters. The number of anilines is 1. The number of carbonyl (C=O) groups is 1. The smallest absolute Gasteiger partial charge is 0.251 e. The Labute approximate surface area is 186 Å². The molecule has 0 saturated heterocycles. The Kier molecular flexibility index (Phi) is 6.54. The monoisotopic (exact) mass is 435 g/mol. The summed E-state index contributed by atoms with van der Waals surface area (Å²) < 4.78 is 24.8. The molecule has 1 amide bonds. The molecule has 0 saturated carbocycles. The average Bonchev–Trinajstić information content (AvgIpc) is 2.81. The van der Waals surface area contributed by atoms with Crippen molar-refractivity contribution in [1.29, 1.82) is 0 Å². The van der Waals surface area contributed by atoms with Crippen LogP contribution in [0.2, 0.25) is 0 Å². The second-order valence-electron chi connectivity index (χ2n) is 7.54. The summed E-state index contributed by atoms with van der Waals surface area (Å²) in [6.45, 7) is 6.15. The van der Waals surface area contributed by atoms with Gasteiger partial charge in [-0.05, 0) is 67.9 Å². The van der Waals surface area contributed by atoms with E-state index in [0.29, 0.717) is 48.9 Å². The van der Waals surface area contributed by atoms with Crippen LogP contribution in [0.1, 0.15) is 28.5 Å². The first-order chi connectivity index (χ1) is 15.5. The van der Waals surface area contributed by atoms with Gasteiger partial charge in [-0.15, -0.1) is 0 Å². The van der Waals surface area contributed by atoms with E-state index < -0.39 is 0 Å². The van der Waals surface area contributed by atoms with Crippen LogP contribution in [0.5, 0.6) is 11.5 Å². The third kappa shape index (κ3) is 4.82. The van der Waals surface area contributed by atoms with Crippen LogP contribution in [0.15, 0.2) is 48.5 Å². The summed E-state index contributed by atoms with van der Waals surface area (Å²) in [5.74, 6) is 0.917. The number of hydrogen-bond donors (Lipinski definition) is 2. The molecular weight excluding hydrogens is 409 g/mol. The molecule has 32 heavy (non-hydrogen) atoms. The van der Waals surface area contributed by atoms with Crippen LogP contribution in [0, 0.1) is 12.7 Å². The Morgan fingerprint density at radius 3 is 2.81 bits per heavy atom. The van der Waals surface area contributed by atoms with Crippen molar-refractivity contribution in [1.82, 2.24) is 10.3 Å². The molecule has 6 nitrogen and oxygen atoms in total. The standard InChI is InChI=1S/C25H26FN3O3/c1-3-31-24-16(2)14-20(29-23(24)17-4-7-19(26)8-5-17)10-11-28-25(30)18-6-9-21-22(15-18)32-13-12-27-21/h4-9,14-15,27H,3,10-13H2,1-2H3,(H,28,30). The van der Waals surface area contributed by atoms with E-state index in [-0.39, 0.29) is 11.7 Å². The van der Waals surface area contributed by atoms with Crippen molar-refractivity contribution < 1.29 is 18.7 Å². The van der Waals surface area contributed by atoms with Crippen molar-refractivity contribution in [3.63, 3.8) is 0 Å². The highest BCUT2D eigenvalue weighted by molar-refractivity contribution is 5.95. The summed E-state index contributed by atoms with van der Waals surface area (Å²) in [7, 11) is 0. The molecule has 0 aliphatic carbocycles. The van der Waals surface area contributed by atoms with Crippen molar-refractivity contribution in [3.05, 3.63) is 71.2 Å². The summed E-state index contributed by atoms with van der Waals surface area (Å²) in [6, 6.07) is 13.6. The number of nitrogens with zero attached hydrogens (tertiary/aromatic N) is 1. The highest BCUT2D eigenvalue weighted by Gasteiger charge is 2.15. The Bertz CT molecular complexity index is 1120. The SMILES string of the molecule is CCOc1c(C)cc(CCNC(=O)c2ccc3c(c2)OCCN3)nc1-c1ccc(F)cc1. The molecule has 2 heterocycles. The van der Waals surface area contributed by atoms with Gasteiger partial charge in [0, 0.05) is 36.3 Å². The molecule has 0 spiro atoms. The van der Waals surface area contributed by atoms with E-state index in [4.69, 9.17) is 14.5 Å². The Balaban J connectivity index is 1.47. The van der Waals surface area contributed by atoms with Crippen molar-refractivity contribution in [2.45, 2.75) is 20.3 Å². The zero-order chi connectivity index (χ0) is 22.5. The largest absolute Gasteiger partial charge is 0.491 e. The van der Waals surface area contributed by atoms with Crippen LogP contribution in [0.4, 0.5) is 10.1 Å². The minimum Gasteiger partial charge on any atom is -0.491 e. The van der Waals surface area contributed by atoms with Crippen LogP contribution in [0.25, 0.3) is 11.3 Å². The molecule has 2 N–H and O–H groups in total. The first kappa shape index (κ1) is 21.6. The fourth-order valence-electron chi connectivity index (χ4n) is 3.67. The van der Waals surface area contributed by atoms with Gasteiger partial charge in [-0.3, -0.25) is 4.79 Å². The molecule has 0 radical (unpaired) electrons. The van der Waals surface area contributed by atoms with Gasteiger partial charge in [-0.1, -0.05) is 0 Å². The van der Waals surface area contributed by atoms with Crippen LogP contribution < -0.4 is 20.1 Å². The second kappa shape index (κ2) is 9.68. The van der Waals surface area contributed by atoms with Crippen LogP contribution in [-0.4, -0.2) is 37.2 Å². The number of fused-ring (bicyclic) bond motifs is 1. The molecule has 3 aromatic rings. The summed E-state index contributed by atoms with van der Waals surface area (Å²) in [5.41, 5.74) is 4.68. The van der Waals surface area contributed by atoms with E-state index >= 15 is 0 Å². The number of rotatable bonds is 7. The quantitative estimate of drug-likeness (QED) is 0.577. The van der Waals surface area contributed by atoms with Crippen LogP contribution >= 0.6 is 0 Å². The second-order valence-corrected chi connectivity index (χ2v) is 7.54. The van der Waals surface area contributed by atoms with E-state index in [2.05, 4.69) is 10.6 Å². The lowest BCUT2D eigenvalue weighted by Gasteiger charge is -2.19. The number of aryl methyl sites for hydroxylation is 1. The van der Waals surface area contributed by atoms with Gasteiger partial charge < -0.3 is 20.1 Å². The van der Waals surface area contributed by atoms with Crippen molar-refractivity contribution in [3.8, 4) is 22.8 Å². The molecule has 0 atom stereocenters. The first-order valence-corrected chi connectivity index (χ1v) is 10.7. The highest BCUT2D eigenvalue weighted by atomic mass is 19.1. The molecular formula is C25H26FN3O3. The van der Waals surface area contributed by atoms with Crippen molar-refractivity contribution in [2.75, 3.05) is 31.6 Å². The summed E-state index contributed by atoms with van der Waals surface area (Å²) >= 11 is 0. The molecule has 1 aromatic heterocycles. The number of nitrogens with one attached hydrogen (secondary N) is 2. The molecule has 0 bridgehead atoms. The Morgan fingerprint density at radius 1 is 1.22 bits per heavy atom. The van der Waals surface area contributed by atoms with Gasteiger partial charge in [0.2, 0.25) is 0 Å². The predicted octanol–water partition coefficient (Wildman–Crippen LogP) is 4.37. The Morgan fingerprint density at radius 2 is 2.03 bits per heavy atom. The number of pyridine rings is 1. The number of carbonyl (C=O) groups excluding carboxylic acids is 1. The van der Waals surface area contributed by atoms with Gasteiger partial charge in [0.05, 0.1) is 12.3 Å². The van der Waals surface area contributed by atoms with Gasteiger partial charge in [0.1, 0.15) is 29.6 Å². The normalized spacial score (nSPS) is 12.3. The van der Waals surface area contributed by atoms with Gasteiger partial charge in [-0.2, -0.15) is 0 Å². The van der Waals surface area contributed by atoms with Crippen LogP contribution in [-0.2, 0) is 6.42 Å². The number of hydrogen-bond acceptors (Lipinski definition) is 5. The van der Waals surface area contributed by atoms with Gasteiger partial charge >= 0.3 is 0 Å². The van der Waals surface area contributed by atoms with E-state index in [1.54, 1.807) is 24.3 Å². The lowest BCUT2D eigenvalue weighted by molar-refractivity contribution is 0.0953. The maximum absolute atomic E-state index is 13.4. The maximum Gasteiger partial charge on any atom is 0.251 e. The first-order valence-electron chi connectivity index (χ1n) is 10.7. The fourth-order valence-corrected chi connectivity index (χ4v) is 3.67. The van der Waals surface area contributed by atoms with Crippen molar-refractivity contribution in [2.24, 2.45) is 0 Å².